The minimum Gasteiger partial charge on any atom is -0.481 e. The first-order chi connectivity index (χ1) is 7.09. The third kappa shape index (κ3) is 4.18. The number of carboxylic acids is 1. The molecular formula is C10H19N3O2. The van der Waals surface area contributed by atoms with Crippen LogP contribution < -0.4 is 5.73 Å². The molecule has 86 valence electrons. The SMILES string of the molecule is N=C(N)N1CCCC(CCCC(=O)O)C1. The Morgan fingerprint density at radius 3 is 2.93 bits per heavy atom. The van der Waals surface area contributed by atoms with Gasteiger partial charge in [-0.2, -0.15) is 0 Å². The van der Waals surface area contributed by atoms with E-state index in [9.17, 15) is 4.79 Å². The Bertz CT molecular complexity index is 243. The Balaban J connectivity index is 2.24. The van der Waals surface area contributed by atoms with Crippen molar-refractivity contribution in [2.45, 2.75) is 32.1 Å². The molecule has 1 saturated heterocycles. The lowest BCUT2D eigenvalue weighted by atomic mass is 9.93. The highest BCUT2D eigenvalue weighted by Gasteiger charge is 2.20. The minimum absolute atomic E-state index is 0.137. The number of carbonyl (C=O) groups is 1. The Hall–Kier alpha value is -1.26. The summed E-state index contributed by atoms with van der Waals surface area (Å²) in [6.07, 6.45) is 4.08. The highest BCUT2D eigenvalue weighted by molar-refractivity contribution is 5.74. The van der Waals surface area contributed by atoms with Gasteiger partial charge in [-0.15, -0.1) is 0 Å². The van der Waals surface area contributed by atoms with Crippen LogP contribution in [0.4, 0.5) is 0 Å². The fourth-order valence-electron chi connectivity index (χ4n) is 2.06. The van der Waals surface area contributed by atoms with Crippen molar-refractivity contribution in [2.75, 3.05) is 13.1 Å². The zero-order valence-corrected chi connectivity index (χ0v) is 8.91. The standard InChI is InChI=1S/C10H19N3O2/c11-10(12)13-6-2-4-8(7-13)3-1-5-9(14)15/h8H,1-7H2,(H3,11,12)(H,14,15). The number of likely N-dealkylation sites (tertiary alicyclic amines) is 1. The van der Waals surface area contributed by atoms with E-state index in [1.54, 1.807) is 0 Å². The van der Waals surface area contributed by atoms with Crippen molar-refractivity contribution in [3.8, 4) is 0 Å². The van der Waals surface area contributed by atoms with Crippen LogP contribution in [0.1, 0.15) is 32.1 Å². The van der Waals surface area contributed by atoms with E-state index in [1.807, 2.05) is 4.90 Å². The second-order valence-electron chi connectivity index (χ2n) is 4.13. The van der Waals surface area contributed by atoms with Gasteiger partial charge in [0.2, 0.25) is 0 Å². The molecule has 15 heavy (non-hydrogen) atoms. The maximum absolute atomic E-state index is 10.3. The molecule has 0 aromatic rings. The summed E-state index contributed by atoms with van der Waals surface area (Å²) in [4.78, 5) is 12.2. The first-order valence-corrected chi connectivity index (χ1v) is 5.40. The summed E-state index contributed by atoms with van der Waals surface area (Å²) >= 11 is 0. The van der Waals surface area contributed by atoms with Gasteiger partial charge in [-0.05, 0) is 31.6 Å². The summed E-state index contributed by atoms with van der Waals surface area (Å²) < 4.78 is 0. The van der Waals surface area contributed by atoms with Crippen molar-refractivity contribution in [1.82, 2.24) is 4.90 Å². The van der Waals surface area contributed by atoms with E-state index in [2.05, 4.69) is 0 Å². The lowest BCUT2D eigenvalue weighted by molar-refractivity contribution is -0.137. The number of aliphatic carboxylic acids is 1. The van der Waals surface area contributed by atoms with Crippen molar-refractivity contribution in [2.24, 2.45) is 11.7 Å². The smallest absolute Gasteiger partial charge is 0.303 e. The molecule has 1 aliphatic heterocycles. The molecule has 1 atom stereocenters. The average molecular weight is 213 g/mol. The van der Waals surface area contributed by atoms with E-state index < -0.39 is 5.97 Å². The summed E-state index contributed by atoms with van der Waals surface area (Å²) in [6.45, 7) is 1.68. The van der Waals surface area contributed by atoms with Gasteiger partial charge in [-0.1, -0.05) is 0 Å². The van der Waals surface area contributed by atoms with Crippen molar-refractivity contribution >= 4 is 11.9 Å². The quantitative estimate of drug-likeness (QED) is 0.477. The number of carboxylic acid groups (broad SMARTS) is 1. The number of hydrogen-bond donors (Lipinski definition) is 3. The van der Waals surface area contributed by atoms with Crippen LogP contribution in [0.5, 0.6) is 0 Å². The Morgan fingerprint density at radius 2 is 2.33 bits per heavy atom. The average Bonchev–Trinajstić information content (AvgIpc) is 2.17. The minimum atomic E-state index is -0.728. The number of piperidine rings is 1. The van der Waals surface area contributed by atoms with Crippen molar-refractivity contribution in [1.29, 1.82) is 5.41 Å². The van der Waals surface area contributed by atoms with Gasteiger partial charge in [-0.25, -0.2) is 0 Å². The molecule has 5 heteroatoms. The van der Waals surface area contributed by atoms with Gasteiger partial charge in [0, 0.05) is 19.5 Å². The maximum Gasteiger partial charge on any atom is 0.303 e. The largest absolute Gasteiger partial charge is 0.481 e. The second-order valence-corrected chi connectivity index (χ2v) is 4.13. The van der Waals surface area contributed by atoms with Crippen LogP contribution in [0.2, 0.25) is 0 Å². The van der Waals surface area contributed by atoms with Gasteiger partial charge in [0.05, 0.1) is 0 Å². The van der Waals surface area contributed by atoms with Gasteiger partial charge >= 0.3 is 5.97 Å². The van der Waals surface area contributed by atoms with Gasteiger partial charge < -0.3 is 15.7 Å². The molecule has 5 nitrogen and oxygen atoms in total. The van der Waals surface area contributed by atoms with Crippen LogP contribution in [0.25, 0.3) is 0 Å². The molecule has 1 rings (SSSR count). The normalized spacial score (nSPS) is 21.3. The summed E-state index contributed by atoms with van der Waals surface area (Å²) in [5, 5.41) is 15.9. The molecule has 1 fully saturated rings. The molecule has 0 aromatic heterocycles. The third-order valence-electron chi connectivity index (χ3n) is 2.86. The zero-order valence-electron chi connectivity index (χ0n) is 8.91. The van der Waals surface area contributed by atoms with Crippen molar-refractivity contribution in [3.63, 3.8) is 0 Å². The zero-order chi connectivity index (χ0) is 11.3. The fourth-order valence-corrected chi connectivity index (χ4v) is 2.06. The lowest BCUT2D eigenvalue weighted by Gasteiger charge is -2.32. The van der Waals surface area contributed by atoms with Crippen molar-refractivity contribution in [3.05, 3.63) is 0 Å². The van der Waals surface area contributed by atoms with E-state index in [4.69, 9.17) is 16.2 Å². The van der Waals surface area contributed by atoms with Gasteiger partial charge in [0.15, 0.2) is 5.96 Å². The summed E-state index contributed by atoms with van der Waals surface area (Å²) in [5.41, 5.74) is 5.42. The number of nitrogens with one attached hydrogen (secondary N) is 1. The second kappa shape index (κ2) is 5.58. The van der Waals surface area contributed by atoms with Crippen LogP contribution in [0.3, 0.4) is 0 Å². The van der Waals surface area contributed by atoms with E-state index in [-0.39, 0.29) is 12.4 Å². The molecule has 0 spiro atoms. The molecule has 0 saturated carbocycles. The van der Waals surface area contributed by atoms with Gasteiger partial charge in [0.1, 0.15) is 0 Å². The first kappa shape index (κ1) is 11.8. The fraction of sp³-hybridized carbons (Fsp3) is 0.800. The van der Waals surface area contributed by atoms with Crippen molar-refractivity contribution < 1.29 is 9.90 Å². The Labute approximate surface area is 89.8 Å². The highest BCUT2D eigenvalue weighted by Crippen LogP contribution is 2.21. The van der Waals surface area contributed by atoms with E-state index in [1.165, 1.54) is 0 Å². The van der Waals surface area contributed by atoms with Gasteiger partial charge in [-0.3, -0.25) is 10.2 Å². The summed E-state index contributed by atoms with van der Waals surface area (Å²) in [5.74, 6) is -0.0887. The molecule has 4 N–H and O–H groups in total. The monoisotopic (exact) mass is 213 g/mol. The number of rotatable bonds is 4. The summed E-state index contributed by atoms with van der Waals surface area (Å²) in [7, 11) is 0. The molecule has 0 radical (unpaired) electrons. The Morgan fingerprint density at radius 1 is 1.60 bits per heavy atom. The highest BCUT2D eigenvalue weighted by atomic mass is 16.4. The molecule has 0 aliphatic carbocycles. The van der Waals surface area contributed by atoms with Crippen LogP contribution in [-0.2, 0) is 4.79 Å². The third-order valence-corrected chi connectivity index (χ3v) is 2.86. The van der Waals surface area contributed by atoms with Crippen LogP contribution in [0.15, 0.2) is 0 Å². The number of nitrogens with two attached hydrogens (primary N) is 1. The molecule has 0 bridgehead atoms. The lowest BCUT2D eigenvalue weighted by Crippen LogP contribution is -2.43. The molecule has 1 aliphatic rings. The van der Waals surface area contributed by atoms with Crippen LogP contribution >= 0.6 is 0 Å². The molecule has 1 unspecified atom stereocenters. The first-order valence-electron chi connectivity index (χ1n) is 5.40. The number of guanidine groups is 1. The molecular weight excluding hydrogens is 194 g/mol. The van der Waals surface area contributed by atoms with Gasteiger partial charge in [0.25, 0.3) is 0 Å². The summed E-state index contributed by atoms with van der Waals surface area (Å²) in [6, 6.07) is 0. The molecule has 0 amide bonds. The predicted molar refractivity (Wildman–Crippen MR) is 57.7 cm³/mol. The van der Waals surface area contributed by atoms with E-state index in [0.717, 1.165) is 38.8 Å². The van der Waals surface area contributed by atoms with E-state index in [0.29, 0.717) is 5.92 Å². The van der Waals surface area contributed by atoms with E-state index >= 15 is 0 Å². The topological polar surface area (TPSA) is 90.4 Å². The molecule has 1 heterocycles. The van der Waals surface area contributed by atoms with Crippen LogP contribution in [-0.4, -0.2) is 35.0 Å². The van der Waals surface area contributed by atoms with Crippen LogP contribution in [0, 0.1) is 11.3 Å². The predicted octanol–water partition coefficient (Wildman–Crippen LogP) is 0.847. The molecule has 0 aromatic carbocycles. The maximum atomic E-state index is 10.3. The number of nitrogens with zero attached hydrogens (tertiary/aromatic N) is 1. The Kier molecular flexibility index (Phi) is 4.39. The number of hydrogen-bond acceptors (Lipinski definition) is 2.